The van der Waals surface area contributed by atoms with Crippen LogP contribution >= 0.6 is 0 Å². The van der Waals surface area contributed by atoms with Gasteiger partial charge >= 0.3 is 0 Å². The largest absolute Gasteiger partial charge is 0.493 e. The number of unbranched alkanes of at least 4 members (excludes halogenated alkanes) is 2. The number of rotatable bonds is 9. The van der Waals surface area contributed by atoms with Gasteiger partial charge in [-0.1, -0.05) is 6.42 Å². The number of methoxy groups -OCH3 is 1. The monoisotopic (exact) mass is 280 g/mol. The molecule has 0 aromatic heterocycles. The highest BCUT2D eigenvalue weighted by Gasteiger charge is 2.07. The van der Waals surface area contributed by atoms with Gasteiger partial charge < -0.3 is 20.5 Å². The second-order valence-electron chi connectivity index (χ2n) is 4.45. The molecule has 3 N–H and O–H groups in total. The molecular weight excluding hydrogens is 256 g/mol. The van der Waals surface area contributed by atoms with Crippen LogP contribution in [0.1, 0.15) is 32.6 Å². The third-order valence-corrected chi connectivity index (χ3v) is 2.86. The van der Waals surface area contributed by atoms with Gasteiger partial charge in [-0.2, -0.15) is 0 Å². The van der Waals surface area contributed by atoms with Crippen molar-refractivity contribution in [3.63, 3.8) is 0 Å². The maximum Gasteiger partial charge on any atom is 0.224 e. The number of anilines is 1. The van der Waals surface area contributed by atoms with Crippen LogP contribution in [-0.4, -0.2) is 26.2 Å². The molecule has 0 saturated carbocycles. The summed E-state index contributed by atoms with van der Waals surface area (Å²) in [4.78, 5) is 11.8. The lowest BCUT2D eigenvalue weighted by atomic mass is 10.2. The van der Waals surface area contributed by atoms with Crippen LogP contribution in [0.3, 0.4) is 0 Å². The standard InChI is InChI=1S/C15H24N2O3/c1-3-20-14-11-12(8-9-13(14)19-2)17-15(18)7-5-4-6-10-16/h8-9,11H,3-7,10,16H2,1-2H3,(H,17,18). The van der Waals surface area contributed by atoms with Gasteiger partial charge in [0.05, 0.1) is 13.7 Å². The summed E-state index contributed by atoms with van der Waals surface area (Å²) in [6, 6.07) is 5.37. The minimum atomic E-state index is 0.00892. The molecule has 0 radical (unpaired) electrons. The average Bonchev–Trinajstić information content (AvgIpc) is 2.44. The number of nitrogens with two attached hydrogens (primary N) is 1. The van der Waals surface area contributed by atoms with Crippen molar-refractivity contribution in [3.05, 3.63) is 18.2 Å². The summed E-state index contributed by atoms with van der Waals surface area (Å²) in [5.74, 6) is 1.30. The second-order valence-corrected chi connectivity index (χ2v) is 4.45. The van der Waals surface area contributed by atoms with Gasteiger partial charge in [0.25, 0.3) is 0 Å². The Kier molecular flexibility index (Phi) is 7.50. The average molecular weight is 280 g/mol. The smallest absolute Gasteiger partial charge is 0.224 e. The molecule has 0 atom stereocenters. The Balaban J connectivity index is 2.54. The van der Waals surface area contributed by atoms with Crippen LogP contribution in [-0.2, 0) is 4.79 Å². The number of amides is 1. The van der Waals surface area contributed by atoms with Gasteiger partial charge in [0.1, 0.15) is 0 Å². The highest BCUT2D eigenvalue weighted by Crippen LogP contribution is 2.30. The van der Waals surface area contributed by atoms with E-state index in [4.69, 9.17) is 15.2 Å². The van der Waals surface area contributed by atoms with E-state index in [0.29, 0.717) is 31.1 Å². The number of benzene rings is 1. The summed E-state index contributed by atoms with van der Waals surface area (Å²) >= 11 is 0. The lowest BCUT2D eigenvalue weighted by molar-refractivity contribution is -0.116. The first kappa shape index (κ1) is 16.3. The first-order valence-electron chi connectivity index (χ1n) is 7.02. The quantitative estimate of drug-likeness (QED) is 0.682. The molecule has 112 valence electrons. The van der Waals surface area contributed by atoms with Gasteiger partial charge in [-0.3, -0.25) is 4.79 Å². The summed E-state index contributed by atoms with van der Waals surface area (Å²) in [6.07, 6.45) is 3.31. The molecule has 0 heterocycles. The molecule has 0 fully saturated rings. The third kappa shape index (κ3) is 5.48. The normalized spacial score (nSPS) is 10.2. The van der Waals surface area contributed by atoms with Crippen molar-refractivity contribution in [3.8, 4) is 11.5 Å². The number of ether oxygens (including phenoxy) is 2. The zero-order chi connectivity index (χ0) is 14.8. The fourth-order valence-corrected chi connectivity index (χ4v) is 1.85. The van der Waals surface area contributed by atoms with E-state index in [1.807, 2.05) is 6.92 Å². The molecule has 20 heavy (non-hydrogen) atoms. The molecule has 0 aliphatic heterocycles. The fraction of sp³-hybridized carbons (Fsp3) is 0.533. The summed E-state index contributed by atoms with van der Waals surface area (Å²) in [5, 5.41) is 2.86. The van der Waals surface area contributed by atoms with Crippen LogP contribution < -0.4 is 20.5 Å². The van der Waals surface area contributed by atoms with Gasteiger partial charge in [-0.05, 0) is 38.4 Å². The second kappa shape index (κ2) is 9.20. The molecule has 0 unspecified atom stereocenters. The first-order valence-corrected chi connectivity index (χ1v) is 7.02. The van der Waals surface area contributed by atoms with Crippen LogP contribution in [0.2, 0.25) is 0 Å². The molecular formula is C15H24N2O3. The number of hydrogen-bond donors (Lipinski definition) is 2. The number of carbonyl (C=O) groups is 1. The van der Waals surface area contributed by atoms with E-state index in [1.54, 1.807) is 25.3 Å². The van der Waals surface area contributed by atoms with E-state index < -0.39 is 0 Å². The highest BCUT2D eigenvalue weighted by atomic mass is 16.5. The number of nitrogens with one attached hydrogen (secondary N) is 1. The van der Waals surface area contributed by atoms with Crippen molar-refractivity contribution in [2.75, 3.05) is 25.6 Å². The van der Waals surface area contributed by atoms with Crippen molar-refractivity contribution < 1.29 is 14.3 Å². The Morgan fingerprint density at radius 3 is 2.70 bits per heavy atom. The summed E-state index contributed by atoms with van der Waals surface area (Å²) < 4.78 is 10.7. The number of carbonyl (C=O) groups excluding carboxylic acids is 1. The van der Waals surface area contributed by atoms with Gasteiger partial charge in [-0.25, -0.2) is 0 Å². The maximum atomic E-state index is 11.8. The van der Waals surface area contributed by atoms with Gasteiger partial charge in [0.15, 0.2) is 11.5 Å². The van der Waals surface area contributed by atoms with Gasteiger partial charge in [0.2, 0.25) is 5.91 Å². The Morgan fingerprint density at radius 1 is 1.25 bits per heavy atom. The predicted octanol–water partition coefficient (Wildman–Crippen LogP) is 2.55. The lowest BCUT2D eigenvalue weighted by Gasteiger charge is -2.11. The highest BCUT2D eigenvalue weighted by molar-refractivity contribution is 5.91. The SMILES string of the molecule is CCOc1cc(NC(=O)CCCCCN)ccc1OC. The number of hydrogen-bond acceptors (Lipinski definition) is 4. The molecule has 1 rings (SSSR count). The van der Waals surface area contributed by atoms with Crippen LogP contribution in [0.25, 0.3) is 0 Å². The van der Waals surface area contributed by atoms with Crippen molar-refractivity contribution in [1.29, 1.82) is 0 Å². The summed E-state index contributed by atoms with van der Waals surface area (Å²) in [5.41, 5.74) is 6.14. The lowest BCUT2D eigenvalue weighted by Crippen LogP contribution is -2.11. The minimum Gasteiger partial charge on any atom is -0.493 e. The van der Waals surface area contributed by atoms with Crippen molar-refractivity contribution in [2.24, 2.45) is 5.73 Å². The van der Waals surface area contributed by atoms with E-state index in [1.165, 1.54) is 0 Å². The molecule has 1 aromatic carbocycles. The molecule has 1 amide bonds. The topological polar surface area (TPSA) is 73.6 Å². The molecule has 5 heteroatoms. The van der Waals surface area contributed by atoms with E-state index in [-0.39, 0.29) is 5.91 Å². The van der Waals surface area contributed by atoms with Crippen LogP contribution in [0, 0.1) is 0 Å². The minimum absolute atomic E-state index is 0.00892. The zero-order valence-corrected chi connectivity index (χ0v) is 12.3. The predicted molar refractivity (Wildman–Crippen MR) is 80.3 cm³/mol. The van der Waals surface area contributed by atoms with E-state index in [2.05, 4.69) is 5.32 Å². The van der Waals surface area contributed by atoms with Crippen molar-refractivity contribution >= 4 is 11.6 Å². The van der Waals surface area contributed by atoms with E-state index in [0.717, 1.165) is 24.9 Å². The Labute approximate surface area is 120 Å². The fourth-order valence-electron chi connectivity index (χ4n) is 1.85. The van der Waals surface area contributed by atoms with Gasteiger partial charge in [-0.15, -0.1) is 0 Å². The molecule has 0 saturated heterocycles. The van der Waals surface area contributed by atoms with E-state index in [9.17, 15) is 4.79 Å². The molecule has 5 nitrogen and oxygen atoms in total. The molecule has 1 aromatic rings. The van der Waals surface area contributed by atoms with E-state index >= 15 is 0 Å². The van der Waals surface area contributed by atoms with Gasteiger partial charge in [0, 0.05) is 18.2 Å². The van der Waals surface area contributed by atoms with Crippen molar-refractivity contribution in [1.82, 2.24) is 0 Å². The zero-order valence-electron chi connectivity index (χ0n) is 12.3. The molecule has 0 aliphatic rings. The van der Waals surface area contributed by atoms with Crippen LogP contribution in [0.4, 0.5) is 5.69 Å². The van der Waals surface area contributed by atoms with Crippen molar-refractivity contribution in [2.45, 2.75) is 32.6 Å². The molecule has 0 aliphatic carbocycles. The Bertz CT molecular complexity index is 422. The Hall–Kier alpha value is -1.75. The molecule has 0 bridgehead atoms. The maximum absolute atomic E-state index is 11.8. The summed E-state index contributed by atoms with van der Waals surface area (Å²) in [7, 11) is 1.59. The van der Waals surface area contributed by atoms with Crippen LogP contribution in [0.15, 0.2) is 18.2 Å². The first-order chi connectivity index (χ1) is 9.71. The molecule has 0 spiro atoms. The summed E-state index contributed by atoms with van der Waals surface area (Å²) in [6.45, 7) is 3.13. The van der Waals surface area contributed by atoms with Crippen LogP contribution in [0.5, 0.6) is 11.5 Å². The Morgan fingerprint density at radius 2 is 2.05 bits per heavy atom. The third-order valence-electron chi connectivity index (χ3n) is 2.86.